The van der Waals surface area contributed by atoms with Gasteiger partial charge in [-0.15, -0.1) is 6.58 Å². The van der Waals surface area contributed by atoms with Gasteiger partial charge in [-0.25, -0.2) is 4.79 Å². The zero-order chi connectivity index (χ0) is 32.4. The number of phenols is 1. The predicted octanol–water partition coefficient (Wildman–Crippen LogP) is 5.94. The van der Waals surface area contributed by atoms with E-state index in [2.05, 4.69) is 11.9 Å². The van der Waals surface area contributed by atoms with Crippen molar-refractivity contribution in [3.63, 3.8) is 0 Å². The van der Waals surface area contributed by atoms with Crippen LogP contribution in [0.3, 0.4) is 0 Å². The largest absolute Gasteiger partial charge is 0.507 e. The number of phenolic OH excluding ortho intramolecular Hbond substituents is 1. The molecule has 4 rings (SSSR count). The molecule has 0 aliphatic heterocycles. The maximum absolute atomic E-state index is 14.5. The van der Waals surface area contributed by atoms with E-state index in [1.807, 2.05) is 34.6 Å². The Morgan fingerprint density at radius 2 is 1.79 bits per heavy atom. The number of anilines is 1. The number of benzene rings is 1. The fourth-order valence-corrected chi connectivity index (χ4v) is 8.33. The highest BCUT2D eigenvalue weighted by molar-refractivity contribution is 6.33. The molecular formula is C34H43NO8. The van der Waals surface area contributed by atoms with Gasteiger partial charge in [-0.1, -0.05) is 53.2 Å². The average molecular weight is 594 g/mol. The number of hydrogen-bond acceptors (Lipinski definition) is 8. The van der Waals surface area contributed by atoms with E-state index in [1.165, 1.54) is 6.92 Å². The molecule has 0 saturated heterocycles. The average Bonchev–Trinajstić information content (AvgIpc) is 2.87. The van der Waals surface area contributed by atoms with Gasteiger partial charge in [0.05, 0.1) is 23.4 Å². The second-order valence-corrected chi connectivity index (χ2v) is 13.5. The SMILES string of the molecule is C=CCCOC(=O)Nc1cc(C(C)C)c2c(c1O)C(O)=C1C(=O)[C@]3(O)C(=O)C(C(C)=O)=C(C)[C@@H](C(C)C)[C@]3(C)C[C@]1(C)C2. The molecule has 4 atom stereocenters. The van der Waals surface area contributed by atoms with Gasteiger partial charge in [0.1, 0.15) is 11.5 Å². The number of hydrogen-bond donors (Lipinski definition) is 4. The Bertz CT molecular complexity index is 1510. The summed E-state index contributed by atoms with van der Waals surface area (Å²) < 4.78 is 5.13. The summed E-state index contributed by atoms with van der Waals surface area (Å²) in [5.74, 6) is -4.18. The Morgan fingerprint density at radius 1 is 1.16 bits per heavy atom. The molecule has 1 fully saturated rings. The summed E-state index contributed by atoms with van der Waals surface area (Å²) in [4.78, 5) is 53.7. The number of aliphatic hydroxyl groups excluding tert-OH is 1. The molecule has 9 heteroatoms. The molecule has 1 amide bonds. The van der Waals surface area contributed by atoms with E-state index >= 15 is 0 Å². The number of carbonyl (C=O) groups excluding carboxylic acids is 4. The Morgan fingerprint density at radius 3 is 2.33 bits per heavy atom. The number of ether oxygens (including phenoxy) is 1. The van der Waals surface area contributed by atoms with Crippen LogP contribution < -0.4 is 5.32 Å². The van der Waals surface area contributed by atoms with Gasteiger partial charge in [0.2, 0.25) is 11.6 Å². The van der Waals surface area contributed by atoms with Crippen LogP contribution in [0.2, 0.25) is 0 Å². The lowest BCUT2D eigenvalue weighted by molar-refractivity contribution is -0.180. The van der Waals surface area contributed by atoms with Crippen molar-refractivity contribution in [1.82, 2.24) is 0 Å². The van der Waals surface area contributed by atoms with Gasteiger partial charge in [-0.3, -0.25) is 19.7 Å². The molecule has 0 heterocycles. The van der Waals surface area contributed by atoms with Crippen molar-refractivity contribution < 1.29 is 39.2 Å². The quantitative estimate of drug-likeness (QED) is 0.0997. The van der Waals surface area contributed by atoms with E-state index < -0.39 is 57.3 Å². The zero-order valence-electron chi connectivity index (χ0n) is 26.3. The fourth-order valence-electron chi connectivity index (χ4n) is 8.33. The normalized spacial score (nSPS) is 28.5. The number of allylic oxidation sites excluding steroid dienone is 1. The highest BCUT2D eigenvalue weighted by atomic mass is 16.5. The number of aliphatic hydroxyl groups is 2. The first-order valence-corrected chi connectivity index (χ1v) is 14.8. The van der Waals surface area contributed by atoms with Crippen molar-refractivity contribution in [2.24, 2.45) is 22.7 Å². The summed E-state index contributed by atoms with van der Waals surface area (Å²) in [5.41, 5.74) is -3.41. The summed E-state index contributed by atoms with van der Waals surface area (Å²) in [5, 5.41) is 38.0. The molecule has 0 bridgehead atoms. The van der Waals surface area contributed by atoms with Gasteiger partial charge in [0.15, 0.2) is 11.4 Å². The van der Waals surface area contributed by atoms with E-state index in [4.69, 9.17) is 4.74 Å². The van der Waals surface area contributed by atoms with Crippen molar-refractivity contribution in [2.45, 2.75) is 86.2 Å². The lowest BCUT2D eigenvalue weighted by atomic mass is 9.42. The minimum absolute atomic E-state index is 0.0142. The molecule has 232 valence electrons. The van der Waals surface area contributed by atoms with E-state index in [9.17, 15) is 34.5 Å². The number of carbonyl (C=O) groups is 4. The molecule has 0 spiro atoms. The third-order valence-electron chi connectivity index (χ3n) is 9.76. The third kappa shape index (κ3) is 4.55. The second kappa shape index (κ2) is 10.8. The number of nitrogens with one attached hydrogen (secondary N) is 1. The Hall–Kier alpha value is -3.72. The number of fused-ring (bicyclic) bond motifs is 3. The van der Waals surface area contributed by atoms with Crippen LogP contribution in [-0.2, 0) is 25.5 Å². The molecular weight excluding hydrogens is 550 g/mol. The molecule has 0 aromatic heterocycles. The molecule has 3 aliphatic carbocycles. The molecule has 1 aromatic rings. The first-order chi connectivity index (χ1) is 19.9. The van der Waals surface area contributed by atoms with E-state index in [1.54, 1.807) is 26.0 Å². The molecule has 0 unspecified atom stereocenters. The highest BCUT2D eigenvalue weighted by Crippen LogP contribution is 2.65. The van der Waals surface area contributed by atoms with Crippen molar-refractivity contribution in [2.75, 3.05) is 11.9 Å². The summed E-state index contributed by atoms with van der Waals surface area (Å²) in [7, 11) is 0. The topological polar surface area (TPSA) is 150 Å². The number of aromatic hydroxyl groups is 1. The van der Waals surface area contributed by atoms with Crippen molar-refractivity contribution >= 4 is 34.9 Å². The van der Waals surface area contributed by atoms with Crippen LogP contribution in [0, 0.1) is 22.7 Å². The summed E-state index contributed by atoms with van der Waals surface area (Å²) in [6, 6.07) is 1.64. The van der Waals surface area contributed by atoms with Gasteiger partial charge >= 0.3 is 6.09 Å². The van der Waals surface area contributed by atoms with Crippen molar-refractivity contribution in [3.8, 4) is 5.75 Å². The van der Waals surface area contributed by atoms with Gasteiger partial charge in [0, 0.05) is 16.4 Å². The van der Waals surface area contributed by atoms with Crippen molar-refractivity contribution in [1.29, 1.82) is 0 Å². The lowest BCUT2D eigenvalue weighted by Crippen LogP contribution is -2.70. The fraction of sp³-hybridized carbons (Fsp3) is 0.529. The monoisotopic (exact) mass is 593 g/mol. The van der Waals surface area contributed by atoms with Crippen LogP contribution in [0.25, 0.3) is 5.76 Å². The van der Waals surface area contributed by atoms with Crippen LogP contribution in [0.5, 0.6) is 5.75 Å². The highest BCUT2D eigenvalue weighted by Gasteiger charge is 2.72. The smallest absolute Gasteiger partial charge is 0.411 e. The lowest BCUT2D eigenvalue weighted by Gasteiger charge is -2.60. The maximum atomic E-state index is 14.5. The summed E-state index contributed by atoms with van der Waals surface area (Å²) in [6.07, 6.45) is 1.60. The van der Waals surface area contributed by atoms with Crippen LogP contribution in [-0.4, -0.2) is 51.0 Å². The Kier molecular flexibility index (Phi) is 8.07. The summed E-state index contributed by atoms with van der Waals surface area (Å²) >= 11 is 0. The Balaban J connectivity index is 1.98. The molecule has 1 aromatic carbocycles. The van der Waals surface area contributed by atoms with Crippen LogP contribution >= 0.6 is 0 Å². The third-order valence-corrected chi connectivity index (χ3v) is 9.76. The number of Topliss-reactive ketones (excluding diaryl/α,β-unsaturated/α-hetero) is 3. The van der Waals surface area contributed by atoms with Crippen LogP contribution in [0.1, 0.15) is 90.8 Å². The molecule has 1 saturated carbocycles. The Labute approximate surface area is 252 Å². The first-order valence-electron chi connectivity index (χ1n) is 14.8. The van der Waals surface area contributed by atoms with Gasteiger partial charge in [-0.2, -0.15) is 0 Å². The minimum Gasteiger partial charge on any atom is -0.507 e. The van der Waals surface area contributed by atoms with Gasteiger partial charge in [-0.05, 0) is 68.1 Å². The van der Waals surface area contributed by atoms with E-state index in [-0.39, 0.29) is 53.7 Å². The standard InChI is InChI=1S/C34H43NO8/c1-10-11-12-43-31(41)35-22-13-20(16(2)3)21-14-32(8)15-33(9)25(17(4)5)18(6)23(19(7)36)29(39)34(33,42)30(40)26(32)28(38)24(21)27(22)37/h10,13,16-17,25,37-38,42H,1,11-12,14-15H2,2-9H3,(H,35,41)/t25-,32+,33+,34-/m1/s1. The molecule has 9 nitrogen and oxygen atoms in total. The van der Waals surface area contributed by atoms with E-state index in [0.29, 0.717) is 17.6 Å². The molecule has 43 heavy (non-hydrogen) atoms. The van der Waals surface area contributed by atoms with Gasteiger partial charge < -0.3 is 20.1 Å². The summed E-state index contributed by atoms with van der Waals surface area (Å²) in [6.45, 7) is 17.9. The van der Waals surface area contributed by atoms with Crippen LogP contribution in [0.15, 0.2) is 35.4 Å². The molecule has 0 radical (unpaired) electrons. The number of rotatable bonds is 7. The second-order valence-electron chi connectivity index (χ2n) is 13.5. The minimum atomic E-state index is -2.61. The van der Waals surface area contributed by atoms with Crippen LogP contribution in [0.4, 0.5) is 10.5 Å². The van der Waals surface area contributed by atoms with Crippen molar-refractivity contribution in [3.05, 3.63) is 52.1 Å². The molecule has 3 aliphatic rings. The van der Waals surface area contributed by atoms with Gasteiger partial charge in [0.25, 0.3) is 0 Å². The number of amides is 1. The zero-order valence-corrected chi connectivity index (χ0v) is 26.3. The number of ketones is 3. The predicted molar refractivity (Wildman–Crippen MR) is 163 cm³/mol. The maximum Gasteiger partial charge on any atom is 0.411 e. The van der Waals surface area contributed by atoms with E-state index in [0.717, 1.165) is 5.56 Å². The molecule has 4 N–H and O–H groups in total. The first kappa shape index (κ1) is 32.2.